The lowest BCUT2D eigenvalue weighted by Crippen LogP contribution is -2.24. The molecule has 0 spiro atoms. The molecule has 17 heavy (non-hydrogen) atoms. The van der Waals surface area contributed by atoms with E-state index in [4.69, 9.17) is 4.84 Å². The van der Waals surface area contributed by atoms with Crippen molar-refractivity contribution in [1.82, 2.24) is 5.06 Å². The van der Waals surface area contributed by atoms with Crippen LogP contribution in [0.5, 0.6) is 0 Å². The van der Waals surface area contributed by atoms with Crippen molar-refractivity contribution in [3.05, 3.63) is 40.1 Å². The molecule has 1 aromatic rings. The molecule has 5 heteroatoms. The van der Waals surface area contributed by atoms with Gasteiger partial charge in [0, 0.05) is 16.1 Å². The summed E-state index contributed by atoms with van der Waals surface area (Å²) >= 11 is 3.25. The van der Waals surface area contributed by atoms with Crippen molar-refractivity contribution in [2.24, 2.45) is 0 Å². The molecule has 0 N–H and O–H groups in total. The quantitative estimate of drug-likeness (QED) is 0.786. The summed E-state index contributed by atoms with van der Waals surface area (Å²) in [7, 11) is 0. The smallest absolute Gasteiger partial charge is 0.270 e. The van der Waals surface area contributed by atoms with Gasteiger partial charge in [-0.3, -0.25) is 9.63 Å². The first-order chi connectivity index (χ1) is 8.16. The van der Waals surface area contributed by atoms with Crippen LogP contribution < -0.4 is 0 Å². The normalized spacial score (nSPS) is 15.8. The summed E-state index contributed by atoms with van der Waals surface area (Å²) in [4.78, 5) is 16.7. The summed E-state index contributed by atoms with van der Waals surface area (Å²) in [6.45, 7) is 1.15. The second kappa shape index (κ2) is 5.42. The Morgan fingerprint density at radius 3 is 3.06 bits per heavy atom. The molecule has 0 saturated carbocycles. The number of nitrogens with zero attached hydrogens (tertiary/aromatic N) is 1. The van der Waals surface area contributed by atoms with E-state index in [1.54, 1.807) is 12.1 Å². The fourth-order valence-corrected chi connectivity index (χ4v) is 1.89. The van der Waals surface area contributed by atoms with Gasteiger partial charge in [-0.05, 0) is 30.7 Å². The van der Waals surface area contributed by atoms with Crippen molar-refractivity contribution in [2.75, 3.05) is 13.2 Å². The summed E-state index contributed by atoms with van der Waals surface area (Å²) in [6.07, 6.45) is 3.60. The Hall–Kier alpha value is -1.20. The maximum atomic E-state index is 13.4. The highest BCUT2D eigenvalue weighted by Crippen LogP contribution is 2.17. The Morgan fingerprint density at radius 2 is 2.35 bits per heavy atom. The number of carbonyl (C=O) groups excluding carboxylic acids is 1. The van der Waals surface area contributed by atoms with Gasteiger partial charge in [0.25, 0.3) is 5.91 Å². The first-order valence-corrected chi connectivity index (χ1v) is 6.03. The molecule has 90 valence electrons. The summed E-state index contributed by atoms with van der Waals surface area (Å²) < 4.78 is 14.1. The van der Waals surface area contributed by atoms with Crippen LogP contribution in [-0.2, 0) is 9.63 Å². The molecule has 0 atom stereocenters. The molecular weight excluding hydrogens is 289 g/mol. The third kappa shape index (κ3) is 3.14. The van der Waals surface area contributed by atoms with Crippen molar-refractivity contribution in [1.29, 1.82) is 0 Å². The van der Waals surface area contributed by atoms with Crippen LogP contribution in [0.3, 0.4) is 0 Å². The fraction of sp³-hybridized carbons (Fsp3) is 0.250. The Labute approximate surface area is 107 Å². The third-order valence-electron chi connectivity index (χ3n) is 2.36. The molecule has 0 unspecified atom stereocenters. The maximum absolute atomic E-state index is 13.4. The largest absolute Gasteiger partial charge is 0.271 e. The molecule has 1 aromatic carbocycles. The minimum atomic E-state index is -0.361. The van der Waals surface area contributed by atoms with E-state index in [0.717, 1.165) is 10.9 Å². The fourth-order valence-electron chi connectivity index (χ4n) is 1.51. The van der Waals surface area contributed by atoms with Gasteiger partial charge in [-0.2, -0.15) is 0 Å². The summed E-state index contributed by atoms with van der Waals surface area (Å²) in [5, 5.41) is 1.28. The van der Waals surface area contributed by atoms with Crippen molar-refractivity contribution in [3.8, 4) is 0 Å². The monoisotopic (exact) mass is 299 g/mol. The van der Waals surface area contributed by atoms with Crippen LogP contribution in [0.2, 0.25) is 0 Å². The highest BCUT2D eigenvalue weighted by atomic mass is 79.9. The number of benzene rings is 1. The second-order valence-electron chi connectivity index (χ2n) is 3.63. The van der Waals surface area contributed by atoms with Crippen molar-refractivity contribution in [3.63, 3.8) is 0 Å². The first-order valence-electron chi connectivity index (χ1n) is 5.24. The van der Waals surface area contributed by atoms with Crippen LogP contribution in [0.15, 0.2) is 28.7 Å². The zero-order valence-electron chi connectivity index (χ0n) is 9.03. The number of hydrogen-bond donors (Lipinski definition) is 0. The Balaban J connectivity index is 2.08. The van der Waals surface area contributed by atoms with Crippen LogP contribution in [0.1, 0.15) is 12.0 Å². The molecule has 1 amide bonds. The zero-order chi connectivity index (χ0) is 12.3. The van der Waals surface area contributed by atoms with Gasteiger partial charge in [0.2, 0.25) is 0 Å². The van der Waals surface area contributed by atoms with Gasteiger partial charge in [0.05, 0.1) is 13.2 Å². The van der Waals surface area contributed by atoms with Crippen molar-refractivity contribution >= 4 is 27.9 Å². The second-order valence-corrected chi connectivity index (χ2v) is 4.54. The summed E-state index contributed by atoms with van der Waals surface area (Å²) in [5.41, 5.74) is 0.368. The molecule has 0 aromatic heterocycles. The molecule has 0 bridgehead atoms. The van der Waals surface area contributed by atoms with E-state index in [2.05, 4.69) is 15.9 Å². The van der Waals surface area contributed by atoms with Gasteiger partial charge in [-0.1, -0.05) is 15.9 Å². The Kier molecular flexibility index (Phi) is 3.91. The minimum absolute atomic E-state index is 0.262. The van der Waals surface area contributed by atoms with Crippen LogP contribution >= 0.6 is 15.9 Å². The van der Waals surface area contributed by atoms with Crippen molar-refractivity contribution < 1.29 is 14.0 Å². The topological polar surface area (TPSA) is 29.5 Å². The standard InChI is InChI=1S/C12H11BrFNO2/c13-10-3-4-11(14)9(8-10)2-5-12(16)15-6-1-7-17-15/h2-5,8H,1,6-7H2/b5-2+. The Bertz CT molecular complexity index is 456. The lowest BCUT2D eigenvalue weighted by molar-refractivity contribution is -0.162. The molecule has 1 aliphatic rings. The Morgan fingerprint density at radius 1 is 1.53 bits per heavy atom. The van der Waals surface area contributed by atoms with Gasteiger partial charge in [-0.15, -0.1) is 0 Å². The SMILES string of the molecule is O=C(/C=C/c1cc(Br)ccc1F)N1CCCO1. The van der Waals surface area contributed by atoms with E-state index in [1.807, 2.05) is 0 Å². The van der Waals surface area contributed by atoms with E-state index in [1.165, 1.54) is 23.3 Å². The average Bonchev–Trinajstić information content (AvgIpc) is 2.83. The molecule has 1 saturated heterocycles. The number of hydroxylamine groups is 2. The molecule has 1 fully saturated rings. The van der Waals surface area contributed by atoms with E-state index >= 15 is 0 Å². The van der Waals surface area contributed by atoms with Crippen LogP contribution in [0.25, 0.3) is 6.08 Å². The summed E-state index contributed by atoms with van der Waals surface area (Å²) in [6, 6.07) is 4.57. The molecule has 1 aliphatic heterocycles. The number of carbonyl (C=O) groups is 1. The maximum Gasteiger partial charge on any atom is 0.270 e. The van der Waals surface area contributed by atoms with Crippen molar-refractivity contribution in [2.45, 2.75) is 6.42 Å². The molecular formula is C12H11BrFNO2. The lowest BCUT2D eigenvalue weighted by Gasteiger charge is -2.10. The number of hydrogen-bond acceptors (Lipinski definition) is 2. The predicted molar refractivity (Wildman–Crippen MR) is 65.4 cm³/mol. The van der Waals surface area contributed by atoms with E-state index in [9.17, 15) is 9.18 Å². The molecule has 3 nitrogen and oxygen atoms in total. The third-order valence-corrected chi connectivity index (χ3v) is 2.86. The molecule has 0 aliphatic carbocycles. The lowest BCUT2D eigenvalue weighted by atomic mass is 10.2. The molecule has 1 heterocycles. The van der Waals surface area contributed by atoms with Crippen LogP contribution in [0.4, 0.5) is 4.39 Å². The van der Waals surface area contributed by atoms with Gasteiger partial charge in [0.1, 0.15) is 5.82 Å². The molecule has 0 radical (unpaired) electrons. The van der Waals surface area contributed by atoms with Crippen LogP contribution in [0, 0.1) is 5.82 Å². The molecule has 2 rings (SSSR count). The van der Waals surface area contributed by atoms with E-state index < -0.39 is 0 Å². The van der Waals surface area contributed by atoms with Gasteiger partial charge in [-0.25, -0.2) is 9.45 Å². The number of rotatable bonds is 2. The van der Waals surface area contributed by atoms with Gasteiger partial charge >= 0.3 is 0 Å². The highest BCUT2D eigenvalue weighted by molar-refractivity contribution is 9.10. The van der Waals surface area contributed by atoms with E-state index in [-0.39, 0.29) is 11.7 Å². The minimum Gasteiger partial charge on any atom is -0.271 e. The number of halogens is 2. The van der Waals surface area contributed by atoms with Crippen LogP contribution in [-0.4, -0.2) is 24.1 Å². The highest BCUT2D eigenvalue weighted by Gasteiger charge is 2.16. The number of amides is 1. The van der Waals surface area contributed by atoms with Gasteiger partial charge in [0.15, 0.2) is 0 Å². The van der Waals surface area contributed by atoms with E-state index in [0.29, 0.717) is 18.7 Å². The first kappa shape index (κ1) is 12.3. The van der Waals surface area contributed by atoms with Gasteiger partial charge < -0.3 is 0 Å². The predicted octanol–water partition coefficient (Wildman–Crippen LogP) is 2.77. The average molecular weight is 300 g/mol. The zero-order valence-corrected chi connectivity index (χ0v) is 10.6. The summed E-state index contributed by atoms with van der Waals surface area (Å²) in [5.74, 6) is -0.624.